The number of hydrogen-bond donors (Lipinski definition) is 0. The zero-order chi connectivity index (χ0) is 13.8. The molecule has 0 atom stereocenters. The van der Waals surface area contributed by atoms with Gasteiger partial charge in [0.2, 0.25) is 0 Å². The monoisotopic (exact) mass is 342 g/mol. The lowest BCUT2D eigenvalue weighted by Gasteiger charge is -2.06. The maximum absolute atomic E-state index is 13.2. The fraction of sp³-hybridized carbons (Fsp3) is 0.0714. The number of halogens is 3. The Hall–Kier alpha value is -1.39. The Kier molecular flexibility index (Phi) is 4.56. The number of ketones is 1. The summed E-state index contributed by atoms with van der Waals surface area (Å²) in [6, 6.07) is 11.0. The van der Waals surface area contributed by atoms with E-state index in [1.54, 1.807) is 24.3 Å². The molecule has 0 fully saturated rings. The molecule has 5 heteroatoms. The summed E-state index contributed by atoms with van der Waals surface area (Å²) in [5, 5.41) is 0.0200. The number of benzene rings is 2. The summed E-state index contributed by atoms with van der Waals surface area (Å²) in [6.07, 6.45) is 0. The quantitative estimate of drug-likeness (QED) is 0.764. The van der Waals surface area contributed by atoms with Crippen LogP contribution in [-0.4, -0.2) is 12.4 Å². The van der Waals surface area contributed by atoms with E-state index in [1.165, 1.54) is 12.1 Å². The number of carbonyl (C=O) groups is 1. The van der Waals surface area contributed by atoms with Crippen LogP contribution >= 0.6 is 27.5 Å². The van der Waals surface area contributed by atoms with Crippen LogP contribution in [0, 0.1) is 5.82 Å². The first kappa shape index (κ1) is 14.0. The molecule has 2 aromatic rings. The van der Waals surface area contributed by atoms with E-state index < -0.39 is 5.82 Å². The van der Waals surface area contributed by atoms with Crippen LogP contribution in [0.4, 0.5) is 4.39 Å². The Morgan fingerprint density at radius 1 is 1.21 bits per heavy atom. The van der Waals surface area contributed by atoms with Crippen molar-refractivity contribution < 1.29 is 13.9 Å². The molecule has 0 heterocycles. The maximum Gasteiger partial charge on any atom is 0.200 e. The predicted octanol–water partition coefficient (Wildman–Crippen LogP) is 4.50. The SMILES string of the molecule is O=C(COc1ccc(Cl)c(F)c1)c1ccc(Br)cc1. The highest BCUT2D eigenvalue weighted by Crippen LogP contribution is 2.20. The summed E-state index contributed by atoms with van der Waals surface area (Å²) in [6.45, 7) is -0.150. The minimum Gasteiger partial charge on any atom is -0.485 e. The Balaban J connectivity index is 2.00. The number of rotatable bonds is 4. The first-order chi connectivity index (χ1) is 9.06. The number of ether oxygens (including phenoxy) is 1. The molecule has 0 bridgehead atoms. The van der Waals surface area contributed by atoms with E-state index >= 15 is 0 Å². The first-order valence-corrected chi connectivity index (χ1v) is 6.60. The molecule has 19 heavy (non-hydrogen) atoms. The molecule has 0 N–H and O–H groups in total. The van der Waals surface area contributed by atoms with Gasteiger partial charge in [0, 0.05) is 16.1 Å². The highest BCUT2D eigenvalue weighted by Gasteiger charge is 2.08. The van der Waals surface area contributed by atoms with Crippen LogP contribution in [0.2, 0.25) is 5.02 Å². The number of carbonyl (C=O) groups excluding carboxylic acids is 1. The van der Waals surface area contributed by atoms with Crippen molar-refractivity contribution in [3.63, 3.8) is 0 Å². The van der Waals surface area contributed by atoms with Crippen LogP contribution in [0.25, 0.3) is 0 Å². The summed E-state index contributed by atoms with van der Waals surface area (Å²) in [5.74, 6) is -0.481. The largest absolute Gasteiger partial charge is 0.485 e. The van der Waals surface area contributed by atoms with Gasteiger partial charge in [-0.05, 0) is 24.3 Å². The van der Waals surface area contributed by atoms with Crippen molar-refractivity contribution in [1.29, 1.82) is 0 Å². The van der Waals surface area contributed by atoms with E-state index in [0.717, 1.165) is 10.5 Å². The molecule has 0 radical (unpaired) electrons. The third-order valence-corrected chi connectivity index (χ3v) is 3.26. The van der Waals surface area contributed by atoms with Crippen molar-refractivity contribution in [2.45, 2.75) is 0 Å². The highest BCUT2D eigenvalue weighted by atomic mass is 79.9. The van der Waals surface area contributed by atoms with E-state index in [4.69, 9.17) is 16.3 Å². The van der Waals surface area contributed by atoms with Crippen LogP contribution < -0.4 is 4.74 Å². The Labute approximate surface area is 123 Å². The van der Waals surface area contributed by atoms with Crippen LogP contribution in [0.3, 0.4) is 0 Å². The van der Waals surface area contributed by atoms with Crippen molar-refractivity contribution in [2.75, 3.05) is 6.61 Å². The lowest BCUT2D eigenvalue weighted by atomic mass is 10.1. The first-order valence-electron chi connectivity index (χ1n) is 5.43. The topological polar surface area (TPSA) is 26.3 Å². The Bertz CT molecular complexity index is 599. The molecule has 2 aromatic carbocycles. The van der Waals surface area contributed by atoms with Crippen molar-refractivity contribution in [1.82, 2.24) is 0 Å². The molecule has 98 valence electrons. The molecule has 0 aliphatic carbocycles. The minimum atomic E-state index is -0.574. The molecular formula is C14H9BrClFO2. The third-order valence-electron chi connectivity index (χ3n) is 2.43. The summed E-state index contributed by atoms with van der Waals surface area (Å²) >= 11 is 8.84. The molecular weight excluding hydrogens is 335 g/mol. The Morgan fingerprint density at radius 2 is 1.89 bits per heavy atom. The van der Waals surface area contributed by atoms with Crippen LogP contribution in [0.1, 0.15) is 10.4 Å². The van der Waals surface area contributed by atoms with Gasteiger partial charge >= 0.3 is 0 Å². The minimum absolute atomic E-state index is 0.0200. The molecule has 0 spiro atoms. The Morgan fingerprint density at radius 3 is 2.53 bits per heavy atom. The van der Waals surface area contributed by atoms with E-state index in [1.807, 2.05) is 0 Å². The zero-order valence-corrected chi connectivity index (χ0v) is 12.0. The van der Waals surface area contributed by atoms with Crippen molar-refractivity contribution in [2.24, 2.45) is 0 Å². The van der Waals surface area contributed by atoms with Crippen molar-refractivity contribution >= 4 is 33.3 Å². The molecule has 0 aliphatic rings. The predicted molar refractivity (Wildman–Crippen MR) is 75.4 cm³/mol. The van der Waals surface area contributed by atoms with Gasteiger partial charge in [-0.15, -0.1) is 0 Å². The van der Waals surface area contributed by atoms with Gasteiger partial charge in [-0.2, -0.15) is 0 Å². The number of Topliss-reactive ketones (excluding diaryl/α,β-unsaturated/α-hetero) is 1. The summed E-state index contributed by atoms with van der Waals surface area (Å²) in [7, 11) is 0. The summed E-state index contributed by atoms with van der Waals surface area (Å²) in [4.78, 5) is 11.8. The van der Waals surface area contributed by atoms with Crippen molar-refractivity contribution in [3.05, 3.63) is 63.3 Å². The molecule has 2 nitrogen and oxygen atoms in total. The van der Waals surface area contributed by atoms with Gasteiger partial charge in [0.15, 0.2) is 12.4 Å². The standard InChI is InChI=1S/C14H9BrClFO2/c15-10-3-1-9(2-4-10)14(18)8-19-11-5-6-12(16)13(17)7-11/h1-7H,8H2. The van der Waals surface area contributed by atoms with E-state index in [0.29, 0.717) is 5.56 Å². The van der Waals surface area contributed by atoms with Crippen molar-refractivity contribution in [3.8, 4) is 5.75 Å². The molecule has 0 saturated carbocycles. The third kappa shape index (κ3) is 3.78. The van der Waals surface area contributed by atoms with Gasteiger partial charge in [0.05, 0.1) is 5.02 Å². The second kappa shape index (κ2) is 6.17. The van der Waals surface area contributed by atoms with Gasteiger partial charge in [0.1, 0.15) is 11.6 Å². The maximum atomic E-state index is 13.2. The van der Waals surface area contributed by atoms with Crippen LogP contribution in [-0.2, 0) is 0 Å². The molecule has 0 amide bonds. The lowest BCUT2D eigenvalue weighted by Crippen LogP contribution is -2.11. The highest BCUT2D eigenvalue weighted by molar-refractivity contribution is 9.10. The van der Waals surface area contributed by atoms with E-state index in [2.05, 4.69) is 15.9 Å². The zero-order valence-electron chi connectivity index (χ0n) is 9.70. The summed E-state index contributed by atoms with van der Waals surface area (Å²) < 4.78 is 19.3. The van der Waals surface area contributed by atoms with E-state index in [9.17, 15) is 9.18 Å². The van der Waals surface area contributed by atoms with Gasteiger partial charge < -0.3 is 4.74 Å². The molecule has 0 aliphatic heterocycles. The van der Waals surface area contributed by atoms with E-state index in [-0.39, 0.29) is 23.2 Å². The van der Waals surface area contributed by atoms with Crippen LogP contribution in [0.15, 0.2) is 46.9 Å². The fourth-order valence-electron chi connectivity index (χ4n) is 1.43. The van der Waals surface area contributed by atoms with Gasteiger partial charge in [-0.3, -0.25) is 4.79 Å². The molecule has 0 aromatic heterocycles. The van der Waals surface area contributed by atoms with Gasteiger partial charge in [-0.25, -0.2) is 4.39 Å². The average molecular weight is 344 g/mol. The van der Waals surface area contributed by atoms with Gasteiger partial charge in [-0.1, -0.05) is 39.7 Å². The molecule has 2 rings (SSSR count). The average Bonchev–Trinajstić information content (AvgIpc) is 2.40. The number of hydrogen-bond acceptors (Lipinski definition) is 2. The van der Waals surface area contributed by atoms with Gasteiger partial charge in [0.25, 0.3) is 0 Å². The normalized spacial score (nSPS) is 10.3. The molecule has 0 saturated heterocycles. The fourth-order valence-corrected chi connectivity index (χ4v) is 1.82. The smallest absolute Gasteiger partial charge is 0.200 e. The molecule has 0 unspecified atom stereocenters. The second-order valence-corrected chi connectivity index (χ2v) is 5.12. The van der Waals surface area contributed by atoms with Crippen LogP contribution in [0.5, 0.6) is 5.75 Å². The lowest BCUT2D eigenvalue weighted by molar-refractivity contribution is 0.0921. The second-order valence-electron chi connectivity index (χ2n) is 3.79. The summed E-state index contributed by atoms with van der Waals surface area (Å²) in [5.41, 5.74) is 0.539.